The van der Waals surface area contributed by atoms with Crippen LogP contribution in [0.15, 0.2) is 4.47 Å². The molecule has 1 aromatic rings. The first-order chi connectivity index (χ1) is 6.87. The highest BCUT2D eigenvalue weighted by Gasteiger charge is 2.23. The topological polar surface area (TPSA) is 38.1 Å². The second kappa shape index (κ2) is 4.66. The molecule has 1 N–H and O–H groups in total. The van der Waals surface area contributed by atoms with Gasteiger partial charge in [-0.15, -0.1) is 0 Å². The summed E-state index contributed by atoms with van der Waals surface area (Å²) in [5.74, 6) is 0. The van der Waals surface area contributed by atoms with E-state index >= 15 is 0 Å². The SMILES string of the molecule is CCCC(C)(O)Cc1c(Br)c(C)nn1C. The van der Waals surface area contributed by atoms with E-state index in [0.717, 1.165) is 28.7 Å². The van der Waals surface area contributed by atoms with Crippen LogP contribution in [0.2, 0.25) is 0 Å². The van der Waals surface area contributed by atoms with Gasteiger partial charge in [0.25, 0.3) is 0 Å². The van der Waals surface area contributed by atoms with Gasteiger partial charge in [0.15, 0.2) is 0 Å². The summed E-state index contributed by atoms with van der Waals surface area (Å²) in [6.07, 6.45) is 2.43. The lowest BCUT2D eigenvalue weighted by atomic mass is 9.95. The van der Waals surface area contributed by atoms with Gasteiger partial charge in [-0.05, 0) is 36.2 Å². The van der Waals surface area contributed by atoms with Crippen molar-refractivity contribution < 1.29 is 5.11 Å². The Balaban J connectivity index is 2.89. The highest BCUT2D eigenvalue weighted by molar-refractivity contribution is 9.10. The maximum absolute atomic E-state index is 10.2. The molecule has 1 aromatic heterocycles. The van der Waals surface area contributed by atoms with E-state index in [2.05, 4.69) is 28.0 Å². The van der Waals surface area contributed by atoms with E-state index in [1.165, 1.54) is 0 Å². The van der Waals surface area contributed by atoms with Gasteiger partial charge in [-0.2, -0.15) is 5.10 Å². The third-order valence-corrected chi connectivity index (χ3v) is 3.63. The summed E-state index contributed by atoms with van der Waals surface area (Å²) < 4.78 is 2.85. The molecule has 0 saturated heterocycles. The fourth-order valence-corrected chi connectivity index (χ4v) is 2.34. The largest absolute Gasteiger partial charge is 0.390 e. The van der Waals surface area contributed by atoms with Crippen LogP contribution in [0.25, 0.3) is 0 Å². The normalized spacial score (nSPS) is 15.3. The van der Waals surface area contributed by atoms with Crippen molar-refractivity contribution in [2.24, 2.45) is 7.05 Å². The number of nitrogens with zero attached hydrogens (tertiary/aromatic N) is 2. The van der Waals surface area contributed by atoms with Gasteiger partial charge in [0, 0.05) is 13.5 Å². The quantitative estimate of drug-likeness (QED) is 0.917. The van der Waals surface area contributed by atoms with Crippen LogP contribution in [0, 0.1) is 6.92 Å². The second-order valence-electron chi connectivity index (χ2n) is 4.39. The van der Waals surface area contributed by atoms with E-state index in [1.807, 2.05) is 25.6 Å². The lowest BCUT2D eigenvalue weighted by Crippen LogP contribution is -2.28. The van der Waals surface area contributed by atoms with Crippen LogP contribution in [0.4, 0.5) is 0 Å². The smallest absolute Gasteiger partial charge is 0.0738 e. The Labute approximate surface area is 99.6 Å². The summed E-state index contributed by atoms with van der Waals surface area (Å²) in [6, 6.07) is 0. The molecule has 0 fully saturated rings. The van der Waals surface area contributed by atoms with Crippen LogP contribution in [-0.2, 0) is 13.5 Å². The fraction of sp³-hybridized carbons (Fsp3) is 0.727. The Morgan fingerprint density at radius 3 is 2.53 bits per heavy atom. The molecule has 4 heteroatoms. The van der Waals surface area contributed by atoms with Gasteiger partial charge in [-0.25, -0.2) is 0 Å². The van der Waals surface area contributed by atoms with Gasteiger partial charge >= 0.3 is 0 Å². The van der Waals surface area contributed by atoms with Crippen molar-refractivity contribution in [3.63, 3.8) is 0 Å². The molecule has 0 radical (unpaired) electrons. The number of rotatable bonds is 4. The fourth-order valence-electron chi connectivity index (χ4n) is 1.86. The van der Waals surface area contributed by atoms with Crippen molar-refractivity contribution in [2.75, 3.05) is 0 Å². The molecule has 0 bridgehead atoms. The molecule has 1 heterocycles. The molecule has 0 saturated carbocycles. The van der Waals surface area contributed by atoms with E-state index in [0.29, 0.717) is 6.42 Å². The zero-order valence-corrected chi connectivity index (χ0v) is 11.4. The van der Waals surface area contributed by atoms with Crippen LogP contribution in [0.3, 0.4) is 0 Å². The number of aromatic nitrogens is 2. The molecule has 86 valence electrons. The summed E-state index contributed by atoms with van der Waals surface area (Å²) in [5, 5.41) is 14.5. The Morgan fingerprint density at radius 1 is 1.53 bits per heavy atom. The van der Waals surface area contributed by atoms with Crippen LogP contribution < -0.4 is 0 Å². The van der Waals surface area contributed by atoms with Gasteiger partial charge < -0.3 is 5.11 Å². The molecule has 1 atom stereocenters. The van der Waals surface area contributed by atoms with Crippen molar-refractivity contribution in [3.8, 4) is 0 Å². The van der Waals surface area contributed by atoms with Crippen molar-refractivity contribution >= 4 is 15.9 Å². The predicted molar refractivity (Wildman–Crippen MR) is 64.9 cm³/mol. The second-order valence-corrected chi connectivity index (χ2v) is 5.19. The molecule has 0 aliphatic rings. The highest BCUT2D eigenvalue weighted by Crippen LogP contribution is 2.26. The maximum atomic E-state index is 10.2. The van der Waals surface area contributed by atoms with Gasteiger partial charge in [0.1, 0.15) is 0 Å². The first kappa shape index (κ1) is 12.7. The number of aliphatic hydroxyl groups is 1. The number of aryl methyl sites for hydroxylation is 2. The first-order valence-corrected chi connectivity index (χ1v) is 6.07. The first-order valence-electron chi connectivity index (χ1n) is 5.27. The van der Waals surface area contributed by atoms with Gasteiger partial charge in [-0.1, -0.05) is 13.3 Å². The molecule has 3 nitrogen and oxygen atoms in total. The van der Waals surface area contributed by atoms with Crippen molar-refractivity contribution in [3.05, 3.63) is 15.9 Å². The average molecular weight is 275 g/mol. The van der Waals surface area contributed by atoms with Crippen molar-refractivity contribution in [2.45, 2.75) is 45.6 Å². The van der Waals surface area contributed by atoms with Crippen LogP contribution in [0.1, 0.15) is 38.1 Å². The van der Waals surface area contributed by atoms with Crippen molar-refractivity contribution in [1.29, 1.82) is 0 Å². The molecule has 1 rings (SSSR count). The minimum absolute atomic E-state index is 0.638. The Bertz CT molecular complexity index is 345. The van der Waals surface area contributed by atoms with Crippen LogP contribution >= 0.6 is 15.9 Å². The third-order valence-electron chi connectivity index (χ3n) is 2.60. The third kappa shape index (κ3) is 3.05. The van der Waals surface area contributed by atoms with E-state index in [-0.39, 0.29) is 0 Å². The zero-order valence-electron chi connectivity index (χ0n) is 9.84. The van der Waals surface area contributed by atoms with Crippen LogP contribution in [0.5, 0.6) is 0 Å². The van der Waals surface area contributed by atoms with Crippen LogP contribution in [-0.4, -0.2) is 20.5 Å². The summed E-state index contributed by atoms with van der Waals surface area (Å²) in [4.78, 5) is 0. The predicted octanol–water partition coefficient (Wildman–Crippen LogP) is 2.58. The molecule has 15 heavy (non-hydrogen) atoms. The highest BCUT2D eigenvalue weighted by atomic mass is 79.9. The molecular formula is C11H19BrN2O. The Hall–Kier alpha value is -0.350. The van der Waals surface area contributed by atoms with Gasteiger partial charge in [-0.3, -0.25) is 4.68 Å². The van der Waals surface area contributed by atoms with E-state index < -0.39 is 5.60 Å². The molecule has 0 aromatic carbocycles. The molecule has 0 aliphatic heterocycles. The lowest BCUT2D eigenvalue weighted by Gasteiger charge is -2.22. The Kier molecular flexibility index (Phi) is 3.95. The van der Waals surface area contributed by atoms with E-state index in [4.69, 9.17) is 0 Å². The summed E-state index contributed by atoms with van der Waals surface area (Å²) in [7, 11) is 1.91. The number of hydrogen-bond donors (Lipinski definition) is 1. The standard InChI is InChI=1S/C11H19BrN2O/c1-5-6-11(3,15)7-9-10(12)8(2)13-14(9)4/h15H,5-7H2,1-4H3. The van der Waals surface area contributed by atoms with Gasteiger partial charge in [0.05, 0.1) is 21.5 Å². The maximum Gasteiger partial charge on any atom is 0.0738 e. The van der Waals surface area contributed by atoms with Gasteiger partial charge in [0.2, 0.25) is 0 Å². The molecular weight excluding hydrogens is 256 g/mol. The van der Waals surface area contributed by atoms with E-state index in [9.17, 15) is 5.11 Å². The summed E-state index contributed by atoms with van der Waals surface area (Å²) in [6.45, 7) is 5.92. The number of hydrogen-bond acceptors (Lipinski definition) is 2. The number of halogens is 1. The molecule has 0 aliphatic carbocycles. The summed E-state index contributed by atoms with van der Waals surface area (Å²) >= 11 is 3.51. The minimum Gasteiger partial charge on any atom is -0.390 e. The molecule has 0 amide bonds. The lowest BCUT2D eigenvalue weighted by molar-refractivity contribution is 0.0485. The van der Waals surface area contributed by atoms with Crippen molar-refractivity contribution in [1.82, 2.24) is 9.78 Å². The average Bonchev–Trinajstić information content (AvgIpc) is 2.32. The molecule has 0 spiro atoms. The van der Waals surface area contributed by atoms with E-state index in [1.54, 1.807) is 0 Å². The Morgan fingerprint density at radius 2 is 2.13 bits per heavy atom. The minimum atomic E-state index is -0.641. The summed E-state index contributed by atoms with van der Waals surface area (Å²) in [5.41, 5.74) is 1.39. The molecule has 1 unspecified atom stereocenters. The zero-order chi connectivity index (χ0) is 11.6. The monoisotopic (exact) mass is 274 g/mol.